The zero-order valence-electron chi connectivity index (χ0n) is 10.5. The summed E-state index contributed by atoms with van der Waals surface area (Å²) < 4.78 is 1.07. The van der Waals surface area contributed by atoms with E-state index in [2.05, 4.69) is 54.2 Å². The van der Waals surface area contributed by atoms with Gasteiger partial charge in [0.1, 0.15) is 0 Å². The van der Waals surface area contributed by atoms with Gasteiger partial charge in [-0.3, -0.25) is 4.79 Å². The minimum Gasteiger partial charge on any atom is -0.350 e. The van der Waals surface area contributed by atoms with Crippen LogP contribution in [0.1, 0.15) is 39.2 Å². The van der Waals surface area contributed by atoms with Crippen molar-refractivity contribution in [2.75, 3.05) is 0 Å². The Hall–Kier alpha value is -0.830. The van der Waals surface area contributed by atoms with E-state index in [1.165, 1.54) is 5.56 Å². The van der Waals surface area contributed by atoms with E-state index < -0.39 is 0 Å². The maximum atomic E-state index is 11.8. The minimum atomic E-state index is -0.188. The van der Waals surface area contributed by atoms with Gasteiger partial charge in [0.2, 0.25) is 5.91 Å². The van der Waals surface area contributed by atoms with Crippen LogP contribution in [0.5, 0.6) is 0 Å². The van der Waals surface area contributed by atoms with E-state index in [9.17, 15) is 4.79 Å². The first-order valence-corrected chi connectivity index (χ1v) is 6.78. The van der Waals surface area contributed by atoms with E-state index in [4.69, 9.17) is 0 Å². The lowest BCUT2D eigenvalue weighted by Gasteiger charge is -2.40. The van der Waals surface area contributed by atoms with Crippen molar-refractivity contribution in [1.29, 1.82) is 0 Å². The molecule has 1 aromatic rings. The molecule has 1 aliphatic heterocycles. The quantitative estimate of drug-likeness (QED) is 0.890. The highest BCUT2D eigenvalue weighted by Gasteiger charge is 2.52. The van der Waals surface area contributed by atoms with E-state index in [0.29, 0.717) is 6.42 Å². The van der Waals surface area contributed by atoms with Crippen molar-refractivity contribution < 1.29 is 4.79 Å². The summed E-state index contributed by atoms with van der Waals surface area (Å²) in [6, 6.07) is 8.34. The largest absolute Gasteiger partial charge is 0.350 e. The molecule has 2 rings (SSSR count). The molecule has 0 bridgehead atoms. The maximum absolute atomic E-state index is 11.8. The molecule has 2 nitrogen and oxygen atoms in total. The summed E-state index contributed by atoms with van der Waals surface area (Å²) in [5.74, 6) is 0.153. The molecule has 1 amide bonds. The molecule has 0 radical (unpaired) electrons. The maximum Gasteiger partial charge on any atom is 0.221 e. The highest BCUT2D eigenvalue weighted by atomic mass is 79.9. The second kappa shape index (κ2) is 4.13. The molecule has 1 saturated heterocycles. The number of hydrogen-bond acceptors (Lipinski definition) is 1. The zero-order chi connectivity index (χ0) is 12.7. The molecule has 1 atom stereocenters. The van der Waals surface area contributed by atoms with Crippen LogP contribution in [0.3, 0.4) is 0 Å². The topological polar surface area (TPSA) is 29.1 Å². The third-order valence-corrected chi connectivity index (χ3v) is 4.64. The smallest absolute Gasteiger partial charge is 0.221 e. The summed E-state index contributed by atoms with van der Waals surface area (Å²) in [5.41, 5.74) is 0.962. The first-order chi connectivity index (χ1) is 7.91. The van der Waals surface area contributed by atoms with Crippen molar-refractivity contribution >= 4 is 21.8 Å². The highest BCUT2D eigenvalue weighted by molar-refractivity contribution is 9.10. The number of carbonyl (C=O) groups excluding carboxylic acids is 1. The van der Waals surface area contributed by atoms with Crippen molar-refractivity contribution in [1.82, 2.24) is 5.32 Å². The van der Waals surface area contributed by atoms with Crippen LogP contribution in [0.2, 0.25) is 0 Å². The Balaban J connectivity index is 2.51. The van der Waals surface area contributed by atoms with E-state index in [0.717, 1.165) is 10.9 Å². The van der Waals surface area contributed by atoms with Crippen LogP contribution >= 0.6 is 15.9 Å². The summed E-state index contributed by atoms with van der Waals surface area (Å²) in [4.78, 5) is 11.8. The Bertz CT molecular complexity index is 438. The molecule has 92 valence electrons. The van der Waals surface area contributed by atoms with Gasteiger partial charge in [-0.05, 0) is 38.0 Å². The van der Waals surface area contributed by atoms with Crippen molar-refractivity contribution in [3.8, 4) is 0 Å². The van der Waals surface area contributed by atoms with Crippen LogP contribution in [-0.2, 0) is 10.2 Å². The Morgan fingerprint density at radius 1 is 1.29 bits per heavy atom. The van der Waals surface area contributed by atoms with Crippen LogP contribution in [0.15, 0.2) is 28.7 Å². The molecule has 0 aromatic heterocycles. The molecule has 1 fully saturated rings. The molecule has 0 saturated carbocycles. The molecule has 1 unspecified atom stereocenters. The lowest BCUT2D eigenvalue weighted by atomic mass is 9.66. The molecule has 1 N–H and O–H groups in total. The summed E-state index contributed by atoms with van der Waals surface area (Å²) in [6.45, 7) is 6.39. The van der Waals surface area contributed by atoms with Gasteiger partial charge in [0.05, 0.1) is 0 Å². The van der Waals surface area contributed by atoms with Crippen molar-refractivity contribution in [2.45, 2.75) is 44.6 Å². The third-order valence-electron chi connectivity index (χ3n) is 4.11. The molecule has 0 aliphatic carbocycles. The first kappa shape index (κ1) is 12.6. The Kier molecular flexibility index (Phi) is 3.06. The number of rotatable bonds is 2. The molecule has 3 heteroatoms. The predicted molar refractivity (Wildman–Crippen MR) is 72.9 cm³/mol. The van der Waals surface area contributed by atoms with E-state index in [1.807, 2.05) is 12.1 Å². The molecular formula is C14H18BrNO. The molecule has 1 heterocycles. The van der Waals surface area contributed by atoms with Gasteiger partial charge in [-0.2, -0.15) is 0 Å². The summed E-state index contributed by atoms with van der Waals surface area (Å²) in [7, 11) is 0. The van der Waals surface area contributed by atoms with Gasteiger partial charge in [0.15, 0.2) is 0 Å². The first-order valence-electron chi connectivity index (χ1n) is 5.98. The summed E-state index contributed by atoms with van der Waals surface area (Å²) in [6.07, 6.45) is 1.54. The SMILES string of the molecule is CCC1(c2ccc(Br)cc2)CC(=O)NC1(C)C. The average Bonchev–Trinajstić information content (AvgIpc) is 2.49. The predicted octanol–water partition coefficient (Wildman–Crippen LogP) is 3.40. The van der Waals surface area contributed by atoms with E-state index >= 15 is 0 Å². The number of halogens is 1. The van der Waals surface area contributed by atoms with Crippen LogP contribution < -0.4 is 5.32 Å². The fourth-order valence-electron chi connectivity index (χ4n) is 3.01. The van der Waals surface area contributed by atoms with Gasteiger partial charge in [0, 0.05) is 21.8 Å². The van der Waals surface area contributed by atoms with Gasteiger partial charge >= 0.3 is 0 Å². The lowest BCUT2D eigenvalue weighted by Crippen LogP contribution is -2.49. The average molecular weight is 296 g/mol. The summed E-state index contributed by atoms with van der Waals surface area (Å²) >= 11 is 3.45. The normalized spacial score (nSPS) is 26.9. The van der Waals surface area contributed by atoms with Gasteiger partial charge in [-0.25, -0.2) is 0 Å². The lowest BCUT2D eigenvalue weighted by molar-refractivity contribution is -0.119. The number of benzene rings is 1. The fraction of sp³-hybridized carbons (Fsp3) is 0.500. The van der Waals surface area contributed by atoms with E-state index in [-0.39, 0.29) is 16.9 Å². The standard InChI is InChI=1S/C14H18BrNO/c1-4-14(9-12(17)16-13(14,2)3)10-5-7-11(15)8-6-10/h5-8H,4,9H2,1-3H3,(H,16,17). The van der Waals surface area contributed by atoms with Crippen molar-refractivity contribution in [2.24, 2.45) is 0 Å². The van der Waals surface area contributed by atoms with Crippen molar-refractivity contribution in [3.05, 3.63) is 34.3 Å². The molecular weight excluding hydrogens is 278 g/mol. The Labute approximate surface area is 111 Å². The van der Waals surface area contributed by atoms with Gasteiger partial charge in [0.25, 0.3) is 0 Å². The Morgan fingerprint density at radius 3 is 2.29 bits per heavy atom. The minimum absolute atomic E-state index is 0.0925. The number of carbonyl (C=O) groups is 1. The molecule has 1 aliphatic rings. The Morgan fingerprint density at radius 2 is 1.88 bits per heavy atom. The van der Waals surface area contributed by atoms with Crippen LogP contribution in [-0.4, -0.2) is 11.4 Å². The summed E-state index contributed by atoms with van der Waals surface area (Å²) in [5, 5.41) is 3.10. The second-order valence-corrected chi connectivity index (χ2v) is 6.21. The highest BCUT2D eigenvalue weighted by Crippen LogP contribution is 2.45. The van der Waals surface area contributed by atoms with Gasteiger partial charge in [-0.15, -0.1) is 0 Å². The molecule has 17 heavy (non-hydrogen) atoms. The number of amides is 1. The van der Waals surface area contributed by atoms with Gasteiger partial charge < -0.3 is 5.32 Å². The fourth-order valence-corrected chi connectivity index (χ4v) is 3.27. The number of hydrogen-bond donors (Lipinski definition) is 1. The second-order valence-electron chi connectivity index (χ2n) is 5.29. The molecule has 0 spiro atoms. The molecule has 1 aromatic carbocycles. The van der Waals surface area contributed by atoms with E-state index in [1.54, 1.807) is 0 Å². The van der Waals surface area contributed by atoms with Gasteiger partial charge in [-0.1, -0.05) is 35.0 Å². The monoisotopic (exact) mass is 295 g/mol. The van der Waals surface area contributed by atoms with Crippen LogP contribution in [0.4, 0.5) is 0 Å². The third kappa shape index (κ3) is 1.90. The van der Waals surface area contributed by atoms with Crippen LogP contribution in [0.25, 0.3) is 0 Å². The zero-order valence-corrected chi connectivity index (χ0v) is 12.1. The van der Waals surface area contributed by atoms with Crippen molar-refractivity contribution in [3.63, 3.8) is 0 Å². The van der Waals surface area contributed by atoms with Crippen LogP contribution in [0, 0.1) is 0 Å². The number of nitrogens with one attached hydrogen (secondary N) is 1.